The largest absolute Gasteiger partial charge is 0.496 e. The van der Waals surface area contributed by atoms with Crippen LogP contribution in [-0.4, -0.2) is 58.2 Å². The van der Waals surface area contributed by atoms with E-state index in [1.807, 2.05) is 48.8 Å². The minimum atomic E-state index is 0.0280. The molecular formula is C22H26N4O3S2. The smallest absolute Gasteiger partial charge is 0.233 e. The number of carbonyl (C=O) groups is 1. The Morgan fingerprint density at radius 2 is 2.19 bits per heavy atom. The zero-order valence-corrected chi connectivity index (χ0v) is 19.3. The van der Waals surface area contributed by atoms with E-state index in [-0.39, 0.29) is 12.0 Å². The van der Waals surface area contributed by atoms with Gasteiger partial charge in [0.15, 0.2) is 11.0 Å². The molecule has 1 unspecified atom stereocenters. The van der Waals surface area contributed by atoms with Crippen LogP contribution in [0.1, 0.15) is 18.4 Å². The average molecular weight is 459 g/mol. The molecule has 0 spiro atoms. The van der Waals surface area contributed by atoms with E-state index in [9.17, 15) is 4.79 Å². The van der Waals surface area contributed by atoms with E-state index in [2.05, 4.69) is 14.8 Å². The third-order valence-electron chi connectivity index (χ3n) is 5.22. The minimum absolute atomic E-state index is 0.0280. The van der Waals surface area contributed by atoms with Gasteiger partial charge < -0.3 is 14.4 Å². The molecule has 4 rings (SSSR count). The number of nitrogens with zero attached hydrogens (tertiary/aromatic N) is 4. The van der Waals surface area contributed by atoms with Crippen LogP contribution in [0.2, 0.25) is 0 Å². The normalized spacial score (nSPS) is 15.9. The lowest BCUT2D eigenvalue weighted by Crippen LogP contribution is -2.28. The van der Waals surface area contributed by atoms with Gasteiger partial charge in [0.05, 0.1) is 30.4 Å². The van der Waals surface area contributed by atoms with Gasteiger partial charge >= 0.3 is 0 Å². The highest BCUT2D eigenvalue weighted by molar-refractivity contribution is 7.99. The number of thioether (sulfide) groups is 1. The lowest BCUT2D eigenvalue weighted by molar-refractivity contribution is -0.127. The Bertz CT molecular complexity index is 1000. The Hall–Kier alpha value is -2.36. The predicted octanol–water partition coefficient (Wildman–Crippen LogP) is 3.94. The van der Waals surface area contributed by atoms with E-state index >= 15 is 0 Å². The molecule has 3 heterocycles. The number of carbonyl (C=O) groups excluding carboxylic acids is 1. The number of aromatic nitrogens is 3. The van der Waals surface area contributed by atoms with Crippen molar-refractivity contribution in [2.24, 2.45) is 0 Å². The van der Waals surface area contributed by atoms with Gasteiger partial charge in [-0.05, 0) is 30.4 Å². The Morgan fingerprint density at radius 1 is 1.32 bits per heavy atom. The average Bonchev–Trinajstić information content (AvgIpc) is 3.55. The van der Waals surface area contributed by atoms with E-state index in [0.29, 0.717) is 18.8 Å². The van der Waals surface area contributed by atoms with Crippen LogP contribution in [0.5, 0.6) is 5.75 Å². The molecule has 1 aliphatic rings. The maximum atomic E-state index is 12.8. The summed E-state index contributed by atoms with van der Waals surface area (Å²) < 4.78 is 13.3. The molecule has 2 aromatic heterocycles. The van der Waals surface area contributed by atoms with Crippen molar-refractivity contribution >= 4 is 29.0 Å². The molecule has 0 radical (unpaired) electrons. The van der Waals surface area contributed by atoms with Gasteiger partial charge in [0.1, 0.15) is 5.75 Å². The second-order valence-corrected chi connectivity index (χ2v) is 9.27. The van der Waals surface area contributed by atoms with Crippen molar-refractivity contribution in [2.75, 3.05) is 26.5 Å². The minimum Gasteiger partial charge on any atom is -0.496 e. The number of hydrogen-bond acceptors (Lipinski definition) is 7. The fourth-order valence-electron chi connectivity index (χ4n) is 3.55. The lowest BCUT2D eigenvalue weighted by Gasteiger charge is -2.19. The Morgan fingerprint density at radius 3 is 2.94 bits per heavy atom. The fraction of sp³-hybridized carbons (Fsp3) is 0.409. The van der Waals surface area contributed by atoms with Crippen LogP contribution >= 0.6 is 23.1 Å². The van der Waals surface area contributed by atoms with E-state index in [0.717, 1.165) is 46.6 Å². The first-order valence-corrected chi connectivity index (χ1v) is 12.1. The fourth-order valence-corrected chi connectivity index (χ4v) is 5.16. The van der Waals surface area contributed by atoms with Crippen molar-refractivity contribution in [3.05, 3.63) is 47.3 Å². The summed E-state index contributed by atoms with van der Waals surface area (Å²) in [4.78, 5) is 15.6. The Balaban J connectivity index is 1.44. The molecule has 9 heteroatoms. The van der Waals surface area contributed by atoms with Crippen LogP contribution in [0.3, 0.4) is 0 Å². The number of rotatable bonds is 9. The molecule has 0 bridgehead atoms. The van der Waals surface area contributed by atoms with Gasteiger partial charge in [-0.25, -0.2) is 0 Å². The monoisotopic (exact) mass is 458 g/mol. The summed E-state index contributed by atoms with van der Waals surface area (Å²) in [5.41, 5.74) is 0.979. The standard InChI is InChI=1S/C22H26N4O3S2/c1-25(13-16-7-3-4-9-18(16)28-2)20(27)15-31-22-24-23-21(19-10-6-12-30-19)26(22)14-17-8-5-11-29-17/h3-4,6-7,9-10,12,17H,5,8,11,13-15H2,1-2H3. The van der Waals surface area contributed by atoms with Crippen molar-refractivity contribution in [3.8, 4) is 16.5 Å². The van der Waals surface area contributed by atoms with E-state index < -0.39 is 0 Å². The molecule has 1 fully saturated rings. The Kier molecular flexibility index (Phi) is 7.26. The van der Waals surface area contributed by atoms with E-state index in [1.165, 1.54) is 11.8 Å². The highest BCUT2D eigenvalue weighted by Gasteiger charge is 2.23. The summed E-state index contributed by atoms with van der Waals surface area (Å²) in [5.74, 6) is 1.94. The maximum Gasteiger partial charge on any atom is 0.233 e. The second kappa shape index (κ2) is 10.3. The first kappa shape index (κ1) is 21.9. The summed E-state index contributed by atoms with van der Waals surface area (Å²) in [6, 6.07) is 11.8. The molecule has 1 aromatic carbocycles. The number of amides is 1. The van der Waals surface area contributed by atoms with Crippen LogP contribution < -0.4 is 4.74 Å². The molecule has 31 heavy (non-hydrogen) atoms. The highest BCUT2D eigenvalue weighted by Crippen LogP contribution is 2.29. The maximum absolute atomic E-state index is 12.8. The van der Waals surface area contributed by atoms with Gasteiger partial charge in [-0.3, -0.25) is 9.36 Å². The summed E-state index contributed by atoms with van der Waals surface area (Å²) >= 11 is 3.06. The molecule has 7 nitrogen and oxygen atoms in total. The Labute approximate surface area is 190 Å². The van der Waals surface area contributed by atoms with Crippen molar-refractivity contribution in [3.63, 3.8) is 0 Å². The molecule has 0 aliphatic carbocycles. The molecule has 0 saturated carbocycles. The van der Waals surface area contributed by atoms with Crippen molar-refractivity contribution in [1.29, 1.82) is 0 Å². The van der Waals surface area contributed by atoms with Crippen LogP contribution in [0.25, 0.3) is 10.7 Å². The number of benzene rings is 1. The van der Waals surface area contributed by atoms with E-state index in [4.69, 9.17) is 9.47 Å². The van der Waals surface area contributed by atoms with Gasteiger partial charge in [-0.15, -0.1) is 21.5 Å². The van der Waals surface area contributed by atoms with Gasteiger partial charge in [0, 0.05) is 25.8 Å². The van der Waals surface area contributed by atoms with Crippen molar-refractivity contribution in [2.45, 2.75) is 37.2 Å². The predicted molar refractivity (Wildman–Crippen MR) is 123 cm³/mol. The topological polar surface area (TPSA) is 69.5 Å². The number of hydrogen-bond donors (Lipinski definition) is 0. The van der Waals surface area contributed by atoms with Gasteiger partial charge in [0.25, 0.3) is 0 Å². The SMILES string of the molecule is COc1ccccc1CN(C)C(=O)CSc1nnc(-c2cccs2)n1CC1CCCO1. The third kappa shape index (κ3) is 5.28. The summed E-state index contributed by atoms with van der Waals surface area (Å²) in [6.07, 6.45) is 2.28. The van der Waals surface area contributed by atoms with Crippen LogP contribution in [0.15, 0.2) is 46.9 Å². The van der Waals surface area contributed by atoms with Crippen LogP contribution in [-0.2, 0) is 22.6 Å². The summed E-state index contributed by atoms with van der Waals surface area (Å²) in [7, 11) is 3.45. The first-order valence-electron chi connectivity index (χ1n) is 10.2. The third-order valence-corrected chi connectivity index (χ3v) is 7.04. The molecule has 1 aliphatic heterocycles. The van der Waals surface area contributed by atoms with Crippen LogP contribution in [0, 0.1) is 0 Å². The second-order valence-electron chi connectivity index (χ2n) is 7.38. The van der Waals surface area contributed by atoms with Gasteiger partial charge in [-0.2, -0.15) is 0 Å². The molecule has 3 aromatic rings. The van der Waals surface area contributed by atoms with Crippen molar-refractivity contribution in [1.82, 2.24) is 19.7 Å². The number of methoxy groups -OCH3 is 1. The molecule has 1 amide bonds. The van der Waals surface area contributed by atoms with E-state index in [1.54, 1.807) is 23.3 Å². The number of ether oxygens (including phenoxy) is 2. The molecule has 1 saturated heterocycles. The molecular weight excluding hydrogens is 432 g/mol. The zero-order chi connectivity index (χ0) is 21.6. The molecule has 164 valence electrons. The number of para-hydroxylation sites is 1. The van der Waals surface area contributed by atoms with Crippen LogP contribution in [0.4, 0.5) is 0 Å². The number of thiophene rings is 1. The van der Waals surface area contributed by atoms with Crippen molar-refractivity contribution < 1.29 is 14.3 Å². The lowest BCUT2D eigenvalue weighted by atomic mass is 10.2. The molecule has 0 N–H and O–H groups in total. The first-order chi connectivity index (χ1) is 15.2. The summed E-state index contributed by atoms with van der Waals surface area (Å²) in [6.45, 7) is 2.00. The molecule has 1 atom stereocenters. The summed E-state index contributed by atoms with van der Waals surface area (Å²) in [5, 5.41) is 11.6. The highest BCUT2D eigenvalue weighted by atomic mass is 32.2. The quantitative estimate of drug-likeness (QED) is 0.452. The van der Waals surface area contributed by atoms with Gasteiger partial charge in [-0.1, -0.05) is 36.0 Å². The van der Waals surface area contributed by atoms with Gasteiger partial charge in [0.2, 0.25) is 5.91 Å². The zero-order valence-electron chi connectivity index (χ0n) is 17.7.